The first-order chi connectivity index (χ1) is 15.5. The Morgan fingerprint density at radius 3 is 2.00 bits per heavy atom. The molecule has 0 spiro atoms. The molecule has 164 valence electrons. The number of methoxy groups -OCH3 is 3. The number of amides is 1. The number of rotatable bonds is 8. The lowest BCUT2D eigenvalue weighted by atomic mass is 10.2. The average Bonchev–Trinajstić information content (AvgIpc) is 2.84. The predicted molar refractivity (Wildman–Crippen MR) is 119 cm³/mol. The zero-order valence-electron chi connectivity index (χ0n) is 17.8. The number of hydrazone groups is 1. The highest BCUT2D eigenvalue weighted by atomic mass is 16.5. The van der Waals surface area contributed by atoms with Crippen molar-refractivity contribution < 1.29 is 28.5 Å². The van der Waals surface area contributed by atoms with Gasteiger partial charge in [-0.15, -0.1) is 0 Å². The Hall–Kier alpha value is -4.33. The smallest absolute Gasteiger partial charge is 0.343 e. The molecule has 0 fully saturated rings. The SMILES string of the molecule is COc1ccc(C(=O)Oc2ccc(/C=N/NC(=O)c3ccc(OC)c(OC)c3)cc2)cc1. The Balaban J connectivity index is 1.56. The molecule has 0 aliphatic heterocycles. The molecule has 0 atom stereocenters. The predicted octanol–water partition coefficient (Wildman–Crippen LogP) is 3.70. The van der Waals surface area contributed by atoms with Crippen LogP contribution in [0.25, 0.3) is 0 Å². The van der Waals surface area contributed by atoms with Crippen LogP contribution in [0.2, 0.25) is 0 Å². The summed E-state index contributed by atoms with van der Waals surface area (Å²) in [6, 6.07) is 18.1. The van der Waals surface area contributed by atoms with E-state index in [9.17, 15) is 9.59 Å². The first-order valence-electron chi connectivity index (χ1n) is 9.55. The van der Waals surface area contributed by atoms with Crippen LogP contribution in [0.15, 0.2) is 71.8 Å². The fourth-order valence-corrected chi connectivity index (χ4v) is 2.72. The molecule has 0 saturated carbocycles. The van der Waals surface area contributed by atoms with Gasteiger partial charge in [-0.05, 0) is 72.3 Å². The first-order valence-corrected chi connectivity index (χ1v) is 9.55. The number of hydrogen-bond donors (Lipinski definition) is 1. The first kappa shape index (κ1) is 22.4. The van der Waals surface area contributed by atoms with Gasteiger partial charge in [-0.2, -0.15) is 5.10 Å². The Morgan fingerprint density at radius 2 is 1.38 bits per heavy atom. The van der Waals surface area contributed by atoms with Gasteiger partial charge in [-0.1, -0.05) is 0 Å². The second-order valence-electron chi connectivity index (χ2n) is 6.46. The molecule has 8 heteroatoms. The largest absolute Gasteiger partial charge is 0.497 e. The molecule has 1 amide bonds. The van der Waals surface area contributed by atoms with Crippen molar-refractivity contribution in [1.29, 1.82) is 0 Å². The molecule has 0 saturated heterocycles. The lowest BCUT2D eigenvalue weighted by Crippen LogP contribution is -2.17. The molecule has 1 N–H and O–H groups in total. The van der Waals surface area contributed by atoms with E-state index in [4.69, 9.17) is 18.9 Å². The number of nitrogens with zero attached hydrogens (tertiary/aromatic N) is 1. The minimum atomic E-state index is -0.476. The Bertz CT molecular complexity index is 1110. The minimum absolute atomic E-state index is 0.376. The van der Waals surface area contributed by atoms with E-state index >= 15 is 0 Å². The van der Waals surface area contributed by atoms with E-state index in [-0.39, 0.29) is 0 Å². The standard InChI is InChI=1S/C24H22N2O6/c1-29-19-11-6-17(7-12-19)24(28)32-20-9-4-16(5-10-20)15-25-26-23(27)18-8-13-21(30-2)22(14-18)31-3/h4-15H,1-3H3,(H,26,27)/b25-15+. The Labute approximate surface area is 185 Å². The van der Waals surface area contributed by atoms with Gasteiger partial charge in [0.2, 0.25) is 0 Å². The molecule has 0 unspecified atom stereocenters. The summed E-state index contributed by atoms with van der Waals surface area (Å²) < 4.78 is 20.8. The van der Waals surface area contributed by atoms with Crippen LogP contribution in [-0.2, 0) is 0 Å². The van der Waals surface area contributed by atoms with E-state index in [0.717, 1.165) is 0 Å². The van der Waals surface area contributed by atoms with Crippen LogP contribution < -0.4 is 24.4 Å². The van der Waals surface area contributed by atoms with Crippen LogP contribution in [0.3, 0.4) is 0 Å². The molecule has 3 rings (SSSR count). The van der Waals surface area contributed by atoms with Gasteiger partial charge in [-0.3, -0.25) is 4.79 Å². The van der Waals surface area contributed by atoms with Crippen LogP contribution in [0.4, 0.5) is 0 Å². The maximum Gasteiger partial charge on any atom is 0.343 e. The number of hydrogen-bond acceptors (Lipinski definition) is 7. The van der Waals surface area contributed by atoms with Gasteiger partial charge >= 0.3 is 5.97 Å². The molecule has 32 heavy (non-hydrogen) atoms. The van der Waals surface area contributed by atoms with Gasteiger partial charge in [0, 0.05) is 5.56 Å². The van der Waals surface area contributed by atoms with Crippen LogP contribution in [0.5, 0.6) is 23.0 Å². The van der Waals surface area contributed by atoms with Crippen molar-refractivity contribution in [3.05, 3.63) is 83.4 Å². The van der Waals surface area contributed by atoms with E-state index in [1.165, 1.54) is 20.4 Å². The Kier molecular flexibility index (Phi) is 7.42. The van der Waals surface area contributed by atoms with Crippen LogP contribution in [-0.4, -0.2) is 39.4 Å². The number of ether oxygens (including phenoxy) is 4. The van der Waals surface area contributed by atoms with Crippen molar-refractivity contribution in [2.24, 2.45) is 5.10 Å². The summed E-state index contributed by atoms with van der Waals surface area (Å²) >= 11 is 0. The van der Waals surface area contributed by atoms with E-state index in [1.807, 2.05) is 0 Å². The second-order valence-corrected chi connectivity index (χ2v) is 6.46. The van der Waals surface area contributed by atoms with Gasteiger partial charge in [0.15, 0.2) is 11.5 Å². The summed E-state index contributed by atoms with van der Waals surface area (Å²) in [4.78, 5) is 24.5. The van der Waals surface area contributed by atoms with Crippen LogP contribution in [0, 0.1) is 0 Å². The number of nitrogens with one attached hydrogen (secondary N) is 1. The fraction of sp³-hybridized carbons (Fsp3) is 0.125. The molecular weight excluding hydrogens is 412 g/mol. The summed E-state index contributed by atoms with van der Waals surface area (Å²) in [6.45, 7) is 0. The summed E-state index contributed by atoms with van der Waals surface area (Å²) in [5.41, 5.74) is 3.95. The number of carbonyl (C=O) groups excluding carboxylic acids is 2. The minimum Gasteiger partial charge on any atom is -0.497 e. The van der Waals surface area contributed by atoms with Gasteiger partial charge in [0.25, 0.3) is 5.91 Å². The summed E-state index contributed by atoms with van der Waals surface area (Å²) in [7, 11) is 4.57. The summed E-state index contributed by atoms with van der Waals surface area (Å²) in [5, 5.41) is 3.95. The Morgan fingerprint density at radius 1 is 0.750 bits per heavy atom. The van der Waals surface area contributed by atoms with E-state index in [1.54, 1.807) is 73.8 Å². The van der Waals surface area contributed by atoms with E-state index in [2.05, 4.69) is 10.5 Å². The lowest BCUT2D eigenvalue weighted by Gasteiger charge is -2.08. The van der Waals surface area contributed by atoms with E-state index in [0.29, 0.717) is 39.7 Å². The molecule has 3 aromatic carbocycles. The quantitative estimate of drug-likeness (QED) is 0.251. The van der Waals surface area contributed by atoms with Gasteiger partial charge in [0.1, 0.15) is 11.5 Å². The number of esters is 1. The van der Waals surface area contributed by atoms with Crippen LogP contribution >= 0.6 is 0 Å². The average molecular weight is 434 g/mol. The third kappa shape index (κ3) is 5.63. The summed E-state index contributed by atoms with van der Waals surface area (Å²) in [6.07, 6.45) is 1.48. The van der Waals surface area contributed by atoms with Crippen molar-refractivity contribution >= 4 is 18.1 Å². The highest BCUT2D eigenvalue weighted by molar-refractivity contribution is 5.95. The number of benzene rings is 3. The van der Waals surface area contributed by atoms with Crippen molar-refractivity contribution in [2.45, 2.75) is 0 Å². The van der Waals surface area contributed by atoms with Crippen molar-refractivity contribution in [3.8, 4) is 23.0 Å². The fourth-order valence-electron chi connectivity index (χ4n) is 2.72. The number of carbonyl (C=O) groups is 2. The molecule has 8 nitrogen and oxygen atoms in total. The maximum atomic E-state index is 12.3. The molecular formula is C24H22N2O6. The zero-order valence-corrected chi connectivity index (χ0v) is 17.8. The molecule has 0 aliphatic carbocycles. The van der Waals surface area contributed by atoms with Crippen LogP contribution in [0.1, 0.15) is 26.3 Å². The second kappa shape index (κ2) is 10.6. The van der Waals surface area contributed by atoms with Crippen molar-refractivity contribution in [1.82, 2.24) is 5.43 Å². The highest BCUT2D eigenvalue weighted by Crippen LogP contribution is 2.27. The molecule has 0 bridgehead atoms. The van der Waals surface area contributed by atoms with E-state index < -0.39 is 11.9 Å². The lowest BCUT2D eigenvalue weighted by molar-refractivity contribution is 0.0734. The van der Waals surface area contributed by atoms with Gasteiger partial charge in [-0.25, -0.2) is 10.2 Å². The topological polar surface area (TPSA) is 95.5 Å². The third-order valence-corrected chi connectivity index (χ3v) is 4.44. The highest BCUT2D eigenvalue weighted by Gasteiger charge is 2.10. The van der Waals surface area contributed by atoms with Gasteiger partial charge < -0.3 is 18.9 Å². The maximum absolute atomic E-state index is 12.3. The normalized spacial score (nSPS) is 10.5. The van der Waals surface area contributed by atoms with Crippen molar-refractivity contribution in [2.75, 3.05) is 21.3 Å². The summed E-state index contributed by atoms with van der Waals surface area (Å²) in [5.74, 6) is 1.15. The molecule has 0 radical (unpaired) electrons. The van der Waals surface area contributed by atoms with Crippen molar-refractivity contribution in [3.63, 3.8) is 0 Å². The monoisotopic (exact) mass is 434 g/mol. The van der Waals surface area contributed by atoms with Gasteiger partial charge in [0.05, 0.1) is 33.1 Å². The molecule has 0 heterocycles. The molecule has 0 aromatic heterocycles. The third-order valence-electron chi connectivity index (χ3n) is 4.44. The molecule has 0 aliphatic rings. The molecule has 3 aromatic rings. The zero-order chi connectivity index (χ0) is 22.9.